The molecule has 156 valence electrons. The molecule has 3 rings (SSSR count). The van der Waals surface area contributed by atoms with Gasteiger partial charge in [0, 0.05) is 13.2 Å². The van der Waals surface area contributed by atoms with Crippen molar-refractivity contribution in [2.45, 2.75) is 78.9 Å². The number of methoxy groups -OCH3 is 1. The topological polar surface area (TPSA) is 95.5 Å². The second-order valence-corrected chi connectivity index (χ2v) is 9.25. The standard InChI is InChI=1S/C16H24Cl3NO7/c1-23-13-12-11(25-14(26-12)16(17,18)19)10(9(7-21)24-13)27-15(22)20-8-5-3-2-4-6-8/h8-14,21H,2-7H2,1H3,(H,20,22)/t9-,10-,11+,12-,13-,14?/m1/s1. The number of alkyl carbamates (subject to hydrolysis) is 1. The molecule has 1 saturated carbocycles. The van der Waals surface area contributed by atoms with Crippen molar-refractivity contribution in [3.8, 4) is 0 Å². The third-order valence-electron chi connectivity index (χ3n) is 5.00. The number of carbonyl (C=O) groups is 1. The molecule has 0 spiro atoms. The van der Waals surface area contributed by atoms with Gasteiger partial charge in [0.25, 0.3) is 0 Å². The lowest BCUT2D eigenvalue weighted by atomic mass is 9.96. The lowest BCUT2D eigenvalue weighted by Crippen LogP contribution is -2.59. The van der Waals surface area contributed by atoms with Crippen LogP contribution in [0.5, 0.6) is 0 Å². The maximum absolute atomic E-state index is 12.4. The molecule has 2 N–H and O–H groups in total. The Hall–Kier alpha value is -0.0600. The Morgan fingerprint density at radius 2 is 1.81 bits per heavy atom. The van der Waals surface area contributed by atoms with Crippen LogP contribution in [-0.4, -0.2) is 71.7 Å². The number of fused-ring (bicyclic) bond motifs is 1. The zero-order valence-corrected chi connectivity index (χ0v) is 17.1. The summed E-state index contributed by atoms with van der Waals surface area (Å²) < 4.78 is 25.9. The number of halogens is 3. The summed E-state index contributed by atoms with van der Waals surface area (Å²) in [4.78, 5) is 12.4. The van der Waals surface area contributed by atoms with Gasteiger partial charge in [-0.25, -0.2) is 4.79 Å². The van der Waals surface area contributed by atoms with Gasteiger partial charge in [0.1, 0.15) is 18.3 Å². The molecule has 1 unspecified atom stereocenters. The number of aliphatic hydroxyl groups excluding tert-OH is 1. The van der Waals surface area contributed by atoms with Crippen molar-refractivity contribution in [3.63, 3.8) is 0 Å². The van der Waals surface area contributed by atoms with Gasteiger partial charge in [-0.1, -0.05) is 54.1 Å². The predicted molar refractivity (Wildman–Crippen MR) is 96.9 cm³/mol. The average Bonchev–Trinajstić information content (AvgIpc) is 3.08. The second-order valence-electron chi connectivity index (χ2n) is 6.89. The Kier molecular flexibility index (Phi) is 7.35. The van der Waals surface area contributed by atoms with E-state index >= 15 is 0 Å². The second kappa shape index (κ2) is 9.17. The number of hydrogen-bond acceptors (Lipinski definition) is 7. The molecule has 3 aliphatic rings. The molecule has 1 amide bonds. The fourth-order valence-corrected chi connectivity index (χ4v) is 4.01. The number of rotatable bonds is 4. The van der Waals surface area contributed by atoms with Crippen molar-refractivity contribution in [3.05, 3.63) is 0 Å². The highest BCUT2D eigenvalue weighted by molar-refractivity contribution is 6.67. The number of amides is 1. The minimum atomic E-state index is -1.85. The van der Waals surface area contributed by atoms with E-state index in [1.165, 1.54) is 13.5 Å². The summed E-state index contributed by atoms with van der Waals surface area (Å²) in [6, 6.07) is 0.0699. The Balaban J connectivity index is 1.70. The lowest BCUT2D eigenvalue weighted by Gasteiger charge is -2.40. The van der Waals surface area contributed by atoms with E-state index in [1.807, 2.05) is 0 Å². The molecular formula is C16H24Cl3NO7. The molecular weight excluding hydrogens is 425 g/mol. The van der Waals surface area contributed by atoms with E-state index in [1.54, 1.807) is 0 Å². The van der Waals surface area contributed by atoms with Crippen molar-refractivity contribution < 1.29 is 33.6 Å². The van der Waals surface area contributed by atoms with Crippen molar-refractivity contribution in [2.24, 2.45) is 0 Å². The minimum absolute atomic E-state index is 0.0699. The number of aliphatic hydroxyl groups is 1. The van der Waals surface area contributed by atoms with Crippen LogP contribution in [0.25, 0.3) is 0 Å². The molecule has 2 saturated heterocycles. The summed E-state index contributed by atoms with van der Waals surface area (Å²) in [6.07, 6.45) is -0.972. The molecule has 2 aliphatic heterocycles. The van der Waals surface area contributed by atoms with Gasteiger partial charge in [-0.05, 0) is 12.8 Å². The maximum atomic E-state index is 12.4. The molecule has 1 aliphatic carbocycles. The summed E-state index contributed by atoms with van der Waals surface area (Å²) in [5.74, 6) is 0. The van der Waals surface area contributed by atoms with Crippen molar-refractivity contribution >= 4 is 40.9 Å². The number of nitrogens with one attached hydrogen (secondary N) is 1. The Labute approximate surface area is 172 Å². The lowest BCUT2D eigenvalue weighted by molar-refractivity contribution is -0.270. The van der Waals surface area contributed by atoms with Crippen molar-refractivity contribution in [2.75, 3.05) is 13.7 Å². The third-order valence-corrected chi connectivity index (χ3v) is 5.54. The zero-order valence-electron chi connectivity index (χ0n) is 14.8. The summed E-state index contributed by atoms with van der Waals surface area (Å²) in [7, 11) is 1.42. The van der Waals surface area contributed by atoms with Crippen LogP contribution in [0.1, 0.15) is 32.1 Å². The summed E-state index contributed by atoms with van der Waals surface area (Å²) in [6.45, 7) is -0.410. The predicted octanol–water partition coefficient (Wildman–Crippen LogP) is 2.26. The number of carbonyl (C=O) groups excluding carboxylic acids is 1. The summed E-state index contributed by atoms with van der Waals surface area (Å²) in [5.41, 5.74) is 0. The Morgan fingerprint density at radius 1 is 1.15 bits per heavy atom. The van der Waals surface area contributed by atoms with Gasteiger partial charge in [0.15, 0.2) is 12.4 Å². The van der Waals surface area contributed by atoms with Gasteiger partial charge >= 0.3 is 6.09 Å². The number of hydrogen-bond donors (Lipinski definition) is 2. The largest absolute Gasteiger partial charge is 0.440 e. The molecule has 0 bridgehead atoms. The molecule has 8 nitrogen and oxygen atoms in total. The monoisotopic (exact) mass is 447 g/mol. The van der Waals surface area contributed by atoms with Crippen molar-refractivity contribution in [1.29, 1.82) is 0 Å². The van der Waals surface area contributed by atoms with Gasteiger partial charge in [-0.15, -0.1) is 0 Å². The van der Waals surface area contributed by atoms with Crippen LogP contribution >= 0.6 is 34.8 Å². The van der Waals surface area contributed by atoms with E-state index in [0.29, 0.717) is 0 Å². The van der Waals surface area contributed by atoms with Crippen molar-refractivity contribution in [1.82, 2.24) is 5.32 Å². The molecule has 2 heterocycles. The van der Waals surface area contributed by atoms with Crippen LogP contribution in [-0.2, 0) is 23.7 Å². The molecule has 11 heteroatoms. The van der Waals surface area contributed by atoms with Crippen LogP contribution in [0, 0.1) is 0 Å². The van der Waals surface area contributed by atoms with Gasteiger partial charge < -0.3 is 34.1 Å². The molecule has 0 radical (unpaired) electrons. The van der Waals surface area contributed by atoms with E-state index in [-0.39, 0.29) is 6.04 Å². The first-order valence-electron chi connectivity index (χ1n) is 8.97. The van der Waals surface area contributed by atoms with Crippen LogP contribution in [0.3, 0.4) is 0 Å². The van der Waals surface area contributed by atoms with E-state index in [4.69, 9.17) is 58.5 Å². The first kappa shape index (κ1) is 21.6. The number of ether oxygens (including phenoxy) is 5. The summed E-state index contributed by atoms with van der Waals surface area (Å²) in [5, 5.41) is 12.5. The SMILES string of the molecule is CO[C@@H]1O[C@H](CO)[C@@H](OC(=O)NC2CCCCC2)[C@@H]2OC(C(Cl)(Cl)Cl)O[C@@H]12. The summed E-state index contributed by atoms with van der Waals surface area (Å²) >= 11 is 17.6. The zero-order chi connectivity index (χ0) is 19.6. The fourth-order valence-electron chi connectivity index (χ4n) is 3.70. The first-order chi connectivity index (χ1) is 12.8. The van der Waals surface area contributed by atoms with E-state index in [2.05, 4.69) is 5.32 Å². The normalized spacial score (nSPS) is 37.7. The Morgan fingerprint density at radius 3 is 2.41 bits per heavy atom. The molecule has 0 aromatic carbocycles. The smallest absolute Gasteiger partial charge is 0.407 e. The molecule has 6 atom stereocenters. The van der Waals surface area contributed by atoms with E-state index in [9.17, 15) is 9.90 Å². The van der Waals surface area contributed by atoms with Gasteiger partial charge in [0.05, 0.1) is 6.61 Å². The van der Waals surface area contributed by atoms with Gasteiger partial charge in [0.2, 0.25) is 10.1 Å². The van der Waals surface area contributed by atoms with Crippen LogP contribution in [0.2, 0.25) is 0 Å². The van der Waals surface area contributed by atoms with E-state index in [0.717, 1.165) is 25.7 Å². The minimum Gasteiger partial charge on any atom is -0.440 e. The van der Waals surface area contributed by atoms with Crippen LogP contribution < -0.4 is 5.32 Å². The van der Waals surface area contributed by atoms with E-state index < -0.39 is 53.5 Å². The fraction of sp³-hybridized carbons (Fsp3) is 0.938. The third kappa shape index (κ3) is 5.11. The molecule has 27 heavy (non-hydrogen) atoms. The maximum Gasteiger partial charge on any atom is 0.407 e. The molecule has 0 aromatic rings. The quantitative estimate of drug-likeness (QED) is 0.637. The molecule has 3 fully saturated rings. The van der Waals surface area contributed by atoms with Gasteiger partial charge in [-0.3, -0.25) is 0 Å². The first-order valence-corrected chi connectivity index (χ1v) is 10.1. The average molecular weight is 449 g/mol. The Bertz CT molecular complexity index is 515. The highest BCUT2D eigenvalue weighted by Crippen LogP contribution is 2.43. The molecule has 0 aromatic heterocycles. The number of alkyl halides is 3. The van der Waals surface area contributed by atoms with Gasteiger partial charge in [-0.2, -0.15) is 0 Å². The van der Waals surface area contributed by atoms with Crippen LogP contribution in [0.15, 0.2) is 0 Å². The highest BCUT2D eigenvalue weighted by Gasteiger charge is 2.58. The highest BCUT2D eigenvalue weighted by atomic mass is 35.6. The van der Waals surface area contributed by atoms with Crippen LogP contribution in [0.4, 0.5) is 4.79 Å².